The third-order valence-electron chi connectivity index (χ3n) is 3.90. The van der Waals surface area contributed by atoms with E-state index in [4.69, 9.17) is 10.3 Å². The van der Waals surface area contributed by atoms with Crippen LogP contribution in [0.5, 0.6) is 0 Å². The van der Waals surface area contributed by atoms with Gasteiger partial charge < -0.3 is 20.9 Å². The number of para-hydroxylation sites is 2. The van der Waals surface area contributed by atoms with Crippen LogP contribution in [0, 0.1) is 0 Å². The zero-order valence-electron chi connectivity index (χ0n) is 14.6. The number of primary amides is 1. The molecule has 2 heterocycles. The summed E-state index contributed by atoms with van der Waals surface area (Å²) in [7, 11) is 0. The molecule has 7 nitrogen and oxygen atoms in total. The summed E-state index contributed by atoms with van der Waals surface area (Å²) in [5.74, 6) is 0.139. The van der Waals surface area contributed by atoms with Crippen molar-refractivity contribution in [2.24, 2.45) is 5.73 Å². The first-order valence-electron chi connectivity index (χ1n) is 8.54. The summed E-state index contributed by atoms with van der Waals surface area (Å²) in [6.07, 6.45) is 1.15. The van der Waals surface area contributed by atoms with Crippen LogP contribution in [0.4, 0.5) is 11.4 Å². The van der Waals surface area contributed by atoms with Gasteiger partial charge in [-0.05, 0) is 17.7 Å². The smallest absolute Gasteiger partial charge is 0.270 e. The van der Waals surface area contributed by atoms with Crippen molar-refractivity contribution in [3.8, 4) is 0 Å². The second-order valence-corrected chi connectivity index (χ2v) is 5.98. The summed E-state index contributed by atoms with van der Waals surface area (Å²) in [5, 5.41) is 9.56. The minimum Gasteiger partial charge on any atom is -0.383 e. The number of carbonyl (C=O) groups is 2. The molecule has 1 aliphatic heterocycles. The van der Waals surface area contributed by atoms with Gasteiger partial charge in [-0.2, -0.15) is 0 Å². The topological polar surface area (TPSA) is 110 Å². The molecule has 4 N–H and O–H groups in total. The lowest BCUT2D eigenvalue weighted by Crippen LogP contribution is -2.10. The molecule has 7 heteroatoms. The number of aromatic nitrogens is 1. The summed E-state index contributed by atoms with van der Waals surface area (Å²) >= 11 is 0. The SMILES string of the molecule is NC(=O)c1cc(Cc2ccccc2)on1.O=C1CCNc2ccccc2N1. The summed E-state index contributed by atoms with van der Waals surface area (Å²) in [6, 6.07) is 19.1. The Kier molecular flexibility index (Phi) is 5.84. The molecule has 0 fully saturated rings. The van der Waals surface area contributed by atoms with Crippen LogP contribution in [0.1, 0.15) is 28.2 Å². The zero-order valence-corrected chi connectivity index (χ0v) is 14.6. The highest BCUT2D eigenvalue weighted by Gasteiger charge is 2.10. The Morgan fingerprint density at radius 1 is 1.07 bits per heavy atom. The maximum Gasteiger partial charge on any atom is 0.270 e. The molecule has 0 atom stereocenters. The van der Waals surface area contributed by atoms with Gasteiger partial charge in [0.2, 0.25) is 5.91 Å². The monoisotopic (exact) mass is 364 g/mol. The quantitative estimate of drug-likeness (QED) is 0.662. The van der Waals surface area contributed by atoms with Crippen LogP contribution in [-0.4, -0.2) is 23.5 Å². The first-order chi connectivity index (χ1) is 13.1. The molecule has 0 bridgehead atoms. The van der Waals surface area contributed by atoms with Crippen LogP contribution < -0.4 is 16.4 Å². The Morgan fingerprint density at radius 3 is 2.48 bits per heavy atom. The maximum absolute atomic E-state index is 11.1. The van der Waals surface area contributed by atoms with E-state index in [0.717, 1.165) is 16.9 Å². The number of nitrogens with two attached hydrogens (primary N) is 1. The predicted molar refractivity (Wildman–Crippen MR) is 102 cm³/mol. The van der Waals surface area contributed by atoms with Crippen LogP contribution in [0.2, 0.25) is 0 Å². The Hall–Kier alpha value is -3.61. The van der Waals surface area contributed by atoms with Crippen molar-refractivity contribution in [2.45, 2.75) is 12.8 Å². The van der Waals surface area contributed by atoms with E-state index in [1.54, 1.807) is 6.07 Å². The number of nitrogens with zero attached hydrogens (tertiary/aromatic N) is 1. The zero-order chi connectivity index (χ0) is 19.1. The molecule has 0 saturated heterocycles. The number of fused-ring (bicyclic) bond motifs is 1. The van der Waals surface area contributed by atoms with E-state index in [0.29, 0.717) is 25.1 Å². The Morgan fingerprint density at radius 2 is 1.78 bits per heavy atom. The Labute approximate surface area is 156 Å². The summed E-state index contributed by atoms with van der Waals surface area (Å²) < 4.78 is 4.98. The summed E-state index contributed by atoms with van der Waals surface area (Å²) in [5.41, 5.74) is 8.21. The van der Waals surface area contributed by atoms with Crippen molar-refractivity contribution in [3.05, 3.63) is 77.7 Å². The van der Waals surface area contributed by atoms with Gasteiger partial charge in [0.05, 0.1) is 11.4 Å². The molecule has 138 valence electrons. The van der Waals surface area contributed by atoms with Gasteiger partial charge in [0.1, 0.15) is 5.76 Å². The van der Waals surface area contributed by atoms with Crippen molar-refractivity contribution in [1.82, 2.24) is 5.16 Å². The van der Waals surface area contributed by atoms with Crippen LogP contribution in [0.15, 0.2) is 65.2 Å². The van der Waals surface area contributed by atoms with E-state index in [-0.39, 0.29) is 11.6 Å². The van der Waals surface area contributed by atoms with Gasteiger partial charge in [-0.25, -0.2) is 0 Å². The number of benzene rings is 2. The van der Waals surface area contributed by atoms with Gasteiger partial charge in [-0.1, -0.05) is 47.6 Å². The third-order valence-corrected chi connectivity index (χ3v) is 3.90. The van der Waals surface area contributed by atoms with Gasteiger partial charge >= 0.3 is 0 Å². The van der Waals surface area contributed by atoms with Crippen LogP contribution in [0.25, 0.3) is 0 Å². The number of anilines is 2. The lowest BCUT2D eigenvalue weighted by Gasteiger charge is -2.05. The fraction of sp³-hybridized carbons (Fsp3) is 0.150. The van der Waals surface area contributed by atoms with Crippen LogP contribution in [0.3, 0.4) is 0 Å². The van der Waals surface area contributed by atoms with Gasteiger partial charge in [-0.15, -0.1) is 0 Å². The molecule has 2 amide bonds. The van der Waals surface area contributed by atoms with Crippen molar-refractivity contribution < 1.29 is 14.1 Å². The molecule has 2 aromatic carbocycles. The Bertz CT molecular complexity index is 922. The molecule has 0 saturated carbocycles. The van der Waals surface area contributed by atoms with Crippen molar-refractivity contribution in [3.63, 3.8) is 0 Å². The van der Waals surface area contributed by atoms with Crippen molar-refractivity contribution in [2.75, 3.05) is 17.2 Å². The molecule has 4 rings (SSSR count). The largest absolute Gasteiger partial charge is 0.383 e. The predicted octanol–water partition coefficient (Wildman–Crippen LogP) is 2.81. The van der Waals surface area contributed by atoms with Gasteiger partial charge in [-0.3, -0.25) is 9.59 Å². The Balaban J connectivity index is 0.000000159. The number of hydrogen-bond acceptors (Lipinski definition) is 5. The highest BCUT2D eigenvalue weighted by Crippen LogP contribution is 2.22. The number of rotatable bonds is 3. The number of hydrogen-bond donors (Lipinski definition) is 3. The van der Waals surface area contributed by atoms with Crippen molar-refractivity contribution in [1.29, 1.82) is 0 Å². The standard InChI is InChI=1S/C11H10N2O2.C9H10N2O/c12-11(14)10-7-9(15-13-10)6-8-4-2-1-3-5-8;12-9-5-6-10-7-3-1-2-4-8(7)11-9/h1-5,7H,6H2,(H2,12,14);1-4,10H,5-6H2,(H,11,12). The van der Waals surface area contributed by atoms with E-state index in [1.165, 1.54) is 0 Å². The molecule has 0 radical (unpaired) electrons. The summed E-state index contributed by atoms with van der Waals surface area (Å²) in [6.45, 7) is 0.711. The molecule has 0 aliphatic carbocycles. The highest BCUT2D eigenvalue weighted by atomic mass is 16.5. The van der Waals surface area contributed by atoms with E-state index in [9.17, 15) is 9.59 Å². The minimum atomic E-state index is -0.571. The molecule has 1 aliphatic rings. The molecule has 1 aromatic heterocycles. The first-order valence-corrected chi connectivity index (χ1v) is 8.54. The lowest BCUT2D eigenvalue weighted by atomic mass is 10.1. The lowest BCUT2D eigenvalue weighted by molar-refractivity contribution is -0.115. The van der Waals surface area contributed by atoms with E-state index in [1.807, 2.05) is 54.6 Å². The number of carbonyl (C=O) groups excluding carboxylic acids is 2. The van der Waals surface area contributed by atoms with E-state index < -0.39 is 5.91 Å². The average Bonchev–Trinajstić information content (AvgIpc) is 3.05. The molecule has 0 unspecified atom stereocenters. The van der Waals surface area contributed by atoms with E-state index in [2.05, 4.69) is 15.8 Å². The van der Waals surface area contributed by atoms with Gasteiger partial charge in [0.15, 0.2) is 5.69 Å². The normalized spacial score (nSPS) is 12.5. The molecular weight excluding hydrogens is 344 g/mol. The second kappa shape index (κ2) is 8.66. The van der Waals surface area contributed by atoms with Crippen LogP contribution in [-0.2, 0) is 11.2 Å². The highest BCUT2D eigenvalue weighted by molar-refractivity contribution is 5.95. The number of nitrogens with one attached hydrogen (secondary N) is 2. The number of amides is 2. The maximum atomic E-state index is 11.1. The fourth-order valence-corrected chi connectivity index (χ4v) is 2.58. The fourth-order valence-electron chi connectivity index (χ4n) is 2.58. The van der Waals surface area contributed by atoms with Gasteiger partial charge in [0.25, 0.3) is 5.91 Å². The second-order valence-electron chi connectivity index (χ2n) is 5.98. The first kappa shape index (κ1) is 18.2. The van der Waals surface area contributed by atoms with Crippen LogP contribution >= 0.6 is 0 Å². The third kappa shape index (κ3) is 5.18. The minimum absolute atomic E-state index is 0.0763. The molecule has 27 heavy (non-hydrogen) atoms. The molecular formula is C20H20N4O3. The van der Waals surface area contributed by atoms with Crippen molar-refractivity contribution >= 4 is 23.2 Å². The average molecular weight is 364 g/mol. The summed E-state index contributed by atoms with van der Waals surface area (Å²) in [4.78, 5) is 21.9. The molecule has 3 aromatic rings. The van der Waals surface area contributed by atoms with E-state index >= 15 is 0 Å². The van der Waals surface area contributed by atoms with Gasteiger partial charge in [0, 0.05) is 25.5 Å². The molecule has 0 spiro atoms.